The number of carboxylic acids is 1. The number of amides is 1. The zero-order valence-electron chi connectivity index (χ0n) is 7.54. The smallest absolute Gasteiger partial charge is 0.320 e. The van der Waals surface area contributed by atoms with Crippen LogP contribution >= 0.6 is 0 Å². The van der Waals surface area contributed by atoms with Gasteiger partial charge in [0.25, 0.3) is 0 Å². The molecule has 0 bridgehead atoms. The van der Waals surface area contributed by atoms with Crippen LogP contribution in [0.5, 0.6) is 0 Å². The second kappa shape index (κ2) is 4.23. The number of carbonyl (C=O) groups is 2. The Bertz CT molecular complexity index is 209. The molecule has 0 saturated carbocycles. The highest BCUT2D eigenvalue weighted by Gasteiger charge is 2.25. The molecule has 0 aromatic carbocycles. The van der Waals surface area contributed by atoms with Crippen LogP contribution in [0.4, 0.5) is 0 Å². The number of carbonyl (C=O) groups excluding carboxylic acids is 1. The van der Waals surface area contributed by atoms with E-state index in [2.05, 4.69) is 10.6 Å². The third kappa shape index (κ3) is 3.02. The largest absolute Gasteiger partial charge is 0.480 e. The highest BCUT2D eigenvalue weighted by molar-refractivity contribution is 5.74. The van der Waals surface area contributed by atoms with Gasteiger partial charge in [-0.05, 0) is 12.8 Å². The van der Waals surface area contributed by atoms with Crippen molar-refractivity contribution < 1.29 is 14.7 Å². The summed E-state index contributed by atoms with van der Waals surface area (Å²) in [7, 11) is 0. The van der Waals surface area contributed by atoms with Crippen molar-refractivity contribution in [3.8, 4) is 0 Å². The maximum Gasteiger partial charge on any atom is 0.320 e. The van der Waals surface area contributed by atoms with E-state index in [0.717, 1.165) is 6.42 Å². The molecular formula is C8H14N2O3. The van der Waals surface area contributed by atoms with Crippen molar-refractivity contribution in [3.63, 3.8) is 0 Å². The van der Waals surface area contributed by atoms with Crippen molar-refractivity contribution >= 4 is 11.9 Å². The van der Waals surface area contributed by atoms with Crippen LogP contribution in [0.2, 0.25) is 0 Å². The van der Waals surface area contributed by atoms with Gasteiger partial charge in [0.1, 0.15) is 6.04 Å². The topological polar surface area (TPSA) is 78.4 Å². The number of aliphatic carboxylic acids is 1. The number of piperidine rings is 1. The van der Waals surface area contributed by atoms with Crippen LogP contribution < -0.4 is 10.6 Å². The second-order valence-electron chi connectivity index (χ2n) is 3.27. The standard InChI is InChI=1S/C8H14N2O3/c1-5(11)10-6-2-3-7(8(12)13)9-4-6/h6-7,9H,2-4H2,1H3,(H,10,11)(H,12,13). The van der Waals surface area contributed by atoms with Gasteiger partial charge in [0.2, 0.25) is 5.91 Å². The first-order valence-corrected chi connectivity index (χ1v) is 4.33. The molecule has 1 rings (SSSR count). The van der Waals surface area contributed by atoms with Crippen LogP contribution in [-0.2, 0) is 9.59 Å². The molecular weight excluding hydrogens is 172 g/mol. The molecule has 1 aliphatic heterocycles. The summed E-state index contributed by atoms with van der Waals surface area (Å²) >= 11 is 0. The minimum Gasteiger partial charge on any atom is -0.480 e. The summed E-state index contributed by atoms with van der Waals surface area (Å²) in [6.45, 7) is 2.00. The molecule has 5 nitrogen and oxygen atoms in total. The third-order valence-electron chi connectivity index (χ3n) is 2.12. The normalized spacial score (nSPS) is 28.1. The van der Waals surface area contributed by atoms with Crippen LogP contribution in [-0.4, -0.2) is 35.6 Å². The van der Waals surface area contributed by atoms with Gasteiger partial charge >= 0.3 is 5.97 Å². The lowest BCUT2D eigenvalue weighted by molar-refractivity contribution is -0.140. The van der Waals surface area contributed by atoms with Crippen molar-refractivity contribution in [2.45, 2.75) is 31.8 Å². The molecule has 74 valence electrons. The van der Waals surface area contributed by atoms with Crippen molar-refractivity contribution in [2.24, 2.45) is 0 Å². The maximum atomic E-state index is 10.7. The number of rotatable bonds is 2. The number of hydrogen-bond acceptors (Lipinski definition) is 3. The third-order valence-corrected chi connectivity index (χ3v) is 2.12. The van der Waals surface area contributed by atoms with Gasteiger partial charge in [0, 0.05) is 19.5 Å². The highest BCUT2D eigenvalue weighted by Crippen LogP contribution is 2.07. The first-order chi connectivity index (χ1) is 6.09. The summed E-state index contributed by atoms with van der Waals surface area (Å²) in [4.78, 5) is 21.2. The van der Waals surface area contributed by atoms with E-state index in [0.29, 0.717) is 13.0 Å². The fraction of sp³-hybridized carbons (Fsp3) is 0.750. The van der Waals surface area contributed by atoms with E-state index in [-0.39, 0.29) is 11.9 Å². The lowest BCUT2D eigenvalue weighted by Gasteiger charge is -2.27. The fourth-order valence-electron chi connectivity index (χ4n) is 1.48. The summed E-state index contributed by atoms with van der Waals surface area (Å²) in [6.07, 6.45) is 1.30. The van der Waals surface area contributed by atoms with Gasteiger partial charge in [-0.1, -0.05) is 0 Å². The molecule has 2 unspecified atom stereocenters. The molecule has 1 fully saturated rings. The quantitative estimate of drug-likeness (QED) is 0.534. The first-order valence-electron chi connectivity index (χ1n) is 4.33. The molecule has 1 amide bonds. The Hall–Kier alpha value is -1.10. The average Bonchev–Trinajstić information content (AvgIpc) is 2.04. The molecule has 0 aromatic rings. The highest BCUT2D eigenvalue weighted by atomic mass is 16.4. The van der Waals surface area contributed by atoms with E-state index in [1.165, 1.54) is 6.92 Å². The molecule has 1 aliphatic rings. The van der Waals surface area contributed by atoms with E-state index in [4.69, 9.17) is 5.11 Å². The van der Waals surface area contributed by atoms with Gasteiger partial charge in [0.05, 0.1) is 0 Å². The van der Waals surface area contributed by atoms with Crippen molar-refractivity contribution in [1.29, 1.82) is 0 Å². The summed E-state index contributed by atoms with van der Waals surface area (Å²) in [5.41, 5.74) is 0. The van der Waals surface area contributed by atoms with E-state index in [1.54, 1.807) is 0 Å². The molecule has 0 radical (unpaired) electrons. The van der Waals surface area contributed by atoms with Gasteiger partial charge in [-0.3, -0.25) is 9.59 Å². The van der Waals surface area contributed by atoms with Crippen LogP contribution in [0.15, 0.2) is 0 Å². The molecule has 0 spiro atoms. The summed E-state index contributed by atoms with van der Waals surface area (Å²) in [5.74, 6) is -0.887. The minimum atomic E-state index is -0.818. The Morgan fingerprint density at radius 1 is 1.46 bits per heavy atom. The van der Waals surface area contributed by atoms with E-state index >= 15 is 0 Å². The van der Waals surface area contributed by atoms with E-state index in [9.17, 15) is 9.59 Å². The molecule has 2 atom stereocenters. The lowest BCUT2D eigenvalue weighted by atomic mass is 10.0. The van der Waals surface area contributed by atoms with Gasteiger partial charge in [-0.15, -0.1) is 0 Å². The predicted octanol–water partition coefficient (Wildman–Crippen LogP) is -0.672. The van der Waals surface area contributed by atoms with Gasteiger partial charge < -0.3 is 15.7 Å². The molecule has 1 saturated heterocycles. The molecule has 13 heavy (non-hydrogen) atoms. The van der Waals surface area contributed by atoms with Crippen molar-refractivity contribution in [3.05, 3.63) is 0 Å². The van der Waals surface area contributed by atoms with Crippen LogP contribution in [0.3, 0.4) is 0 Å². The molecule has 1 heterocycles. The van der Waals surface area contributed by atoms with Gasteiger partial charge in [-0.2, -0.15) is 0 Å². The average molecular weight is 186 g/mol. The summed E-state index contributed by atoms with van der Waals surface area (Å²) in [6, 6.07) is -0.377. The zero-order chi connectivity index (χ0) is 9.84. The van der Waals surface area contributed by atoms with Crippen LogP contribution in [0.1, 0.15) is 19.8 Å². The predicted molar refractivity (Wildman–Crippen MR) is 46.3 cm³/mol. The monoisotopic (exact) mass is 186 g/mol. The number of carboxylic acid groups (broad SMARTS) is 1. The van der Waals surface area contributed by atoms with Crippen molar-refractivity contribution in [2.75, 3.05) is 6.54 Å². The van der Waals surface area contributed by atoms with E-state index in [1.807, 2.05) is 0 Å². The van der Waals surface area contributed by atoms with E-state index < -0.39 is 12.0 Å². The Morgan fingerprint density at radius 3 is 2.54 bits per heavy atom. The van der Waals surface area contributed by atoms with Crippen molar-refractivity contribution in [1.82, 2.24) is 10.6 Å². The number of nitrogens with one attached hydrogen (secondary N) is 2. The van der Waals surface area contributed by atoms with Gasteiger partial charge in [0.15, 0.2) is 0 Å². The Morgan fingerprint density at radius 2 is 2.15 bits per heavy atom. The lowest BCUT2D eigenvalue weighted by Crippen LogP contribution is -2.51. The number of hydrogen-bond donors (Lipinski definition) is 3. The first kappa shape index (κ1) is 9.98. The molecule has 5 heteroatoms. The Balaban J connectivity index is 2.30. The second-order valence-corrected chi connectivity index (χ2v) is 3.27. The zero-order valence-corrected chi connectivity index (χ0v) is 7.54. The minimum absolute atomic E-state index is 0.0689. The summed E-state index contributed by atoms with van der Waals surface area (Å²) in [5, 5.41) is 14.3. The van der Waals surface area contributed by atoms with Crippen LogP contribution in [0.25, 0.3) is 0 Å². The molecule has 0 aliphatic carbocycles. The van der Waals surface area contributed by atoms with Crippen LogP contribution in [0, 0.1) is 0 Å². The molecule has 0 aromatic heterocycles. The SMILES string of the molecule is CC(=O)NC1CCC(C(=O)O)NC1. The Labute approximate surface area is 76.5 Å². The Kier molecular flexibility index (Phi) is 3.25. The summed E-state index contributed by atoms with van der Waals surface area (Å²) < 4.78 is 0. The fourth-order valence-corrected chi connectivity index (χ4v) is 1.48. The van der Waals surface area contributed by atoms with Gasteiger partial charge in [-0.25, -0.2) is 0 Å². The molecule has 3 N–H and O–H groups in total. The maximum absolute atomic E-state index is 10.7.